The Hall–Kier alpha value is -2.12. The Morgan fingerprint density at radius 2 is 2.00 bits per heavy atom. The molecule has 0 radical (unpaired) electrons. The third-order valence-corrected chi connectivity index (χ3v) is 2.47. The smallest absolute Gasteiger partial charge is 0.323 e. The summed E-state index contributed by atoms with van der Waals surface area (Å²) in [6.07, 6.45) is 0. The van der Waals surface area contributed by atoms with E-state index in [-0.39, 0.29) is 18.5 Å². The Labute approximate surface area is 119 Å². The number of hydrogen-bond donors (Lipinski definition) is 2. The summed E-state index contributed by atoms with van der Waals surface area (Å²) in [5, 5.41) is 5.60. The quantitative estimate of drug-likeness (QED) is 0.707. The molecule has 0 aromatic carbocycles. The van der Waals surface area contributed by atoms with Crippen LogP contribution in [-0.4, -0.2) is 54.1 Å². The fraction of sp³-hybridized carbons (Fsp3) is 0.667. The first-order chi connectivity index (χ1) is 9.64. The van der Waals surface area contributed by atoms with Gasteiger partial charge in [-0.15, -0.1) is 0 Å². The normalized spacial score (nSPS) is 10.0. The van der Waals surface area contributed by atoms with Crippen molar-refractivity contribution in [3.63, 3.8) is 0 Å². The molecule has 0 aliphatic rings. The Balaban J connectivity index is 2.95. The topological polar surface area (TPSA) is 92.3 Å². The van der Waals surface area contributed by atoms with Crippen molar-refractivity contribution in [2.75, 3.05) is 43.5 Å². The highest BCUT2D eigenvalue weighted by atomic mass is 16.5. The highest BCUT2D eigenvalue weighted by molar-refractivity contribution is 5.80. The van der Waals surface area contributed by atoms with Crippen LogP contribution in [0.1, 0.15) is 20.8 Å². The minimum Gasteiger partial charge on any atom is -0.464 e. The van der Waals surface area contributed by atoms with Gasteiger partial charge in [0.1, 0.15) is 0 Å². The van der Waals surface area contributed by atoms with Crippen LogP contribution in [0.4, 0.5) is 11.9 Å². The van der Waals surface area contributed by atoms with E-state index < -0.39 is 0 Å². The van der Waals surface area contributed by atoms with E-state index in [1.807, 2.05) is 20.8 Å². The molecule has 1 aromatic rings. The number of amides is 1. The first-order valence-electron chi connectivity index (χ1n) is 6.72. The summed E-state index contributed by atoms with van der Waals surface area (Å²) in [5.41, 5.74) is 0. The predicted octanol–water partition coefficient (Wildman–Crippen LogP) is 0.274. The van der Waals surface area contributed by atoms with Crippen molar-refractivity contribution in [2.45, 2.75) is 20.8 Å². The van der Waals surface area contributed by atoms with Gasteiger partial charge in [-0.25, -0.2) is 0 Å². The number of aromatic nitrogens is 3. The summed E-state index contributed by atoms with van der Waals surface area (Å²) in [6, 6.07) is 0.246. The predicted molar refractivity (Wildman–Crippen MR) is 77.1 cm³/mol. The molecule has 1 heterocycles. The molecule has 0 aliphatic heterocycles. The number of carbonyl (C=O) groups excluding carboxylic acids is 1. The third kappa shape index (κ3) is 4.52. The fourth-order valence-electron chi connectivity index (χ4n) is 1.54. The molecule has 112 valence electrons. The van der Waals surface area contributed by atoms with Crippen LogP contribution in [0.3, 0.4) is 0 Å². The molecule has 8 nitrogen and oxygen atoms in total. The molecule has 8 heteroatoms. The molecule has 20 heavy (non-hydrogen) atoms. The van der Waals surface area contributed by atoms with Crippen LogP contribution in [0.2, 0.25) is 0 Å². The van der Waals surface area contributed by atoms with Crippen LogP contribution >= 0.6 is 0 Å². The van der Waals surface area contributed by atoms with Crippen LogP contribution in [0.25, 0.3) is 0 Å². The SMILES string of the molecule is CCNC(=O)CN(CC)c1nc(NC)nc(OCC)n1. The lowest BCUT2D eigenvalue weighted by Crippen LogP contribution is -2.38. The van der Waals surface area contributed by atoms with Gasteiger partial charge in [0.15, 0.2) is 0 Å². The van der Waals surface area contributed by atoms with Crippen LogP contribution in [0, 0.1) is 0 Å². The highest BCUT2D eigenvalue weighted by Gasteiger charge is 2.15. The molecule has 0 aliphatic carbocycles. The minimum atomic E-state index is -0.0706. The molecule has 0 fully saturated rings. The van der Waals surface area contributed by atoms with Gasteiger partial charge in [-0.3, -0.25) is 4.79 Å². The second-order valence-corrected chi connectivity index (χ2v) is 3.89. The number of hydrogen-bond acceptors (Lipinski definition) is 7. The van der Waals surface area contributed by atoms with Crippen molar-refractivity contribution in [3.8, 4) is 6.01 Å². The van der Waals surface area contributed by atoms with Crippen molar-refractivity contribution in [1.82, 2.24) is 20.3 Å². The van der Waals surface area contributed by atoms with Gasteiger partial charge >= 0.3 is 6.01 Å². The first-order valence-corrected chi connectivity index (χ1v) is 6.72. The summed E-state index contributed by atoms with van der Waals surface area (Å²) in [5.74, 6) is 0.757. The van der Waals surface area contributed by atoms with Gasteiger partial charge < -0.3 is 20.3 Å². The third-order valence-electron chi connectivity index (χ3n) is 2.47. The van der Waals surface area contributed by atoms with Gasteiger partial charge in [-0.2, -0.15) is 15.0 Å². The molecular formula is C12H22N6O2. The van der Waals surface area contributed by atoms with Crippen LogP contribution in [-0.2, 0) is 4.79 Å². The van der Waals surface area contributed by atoms with Crippen molar-refractivity contribution in [3.05, 3.63) is 0 Å². The maximum absolute atomic E-state index is 11.7. The van der Waals surface area contributed by atoms with E-state index in [0.717, 1.165) is 0 Å². The number of rotatable bonds is 8. The maximum Gasteiger partial charge on any atom is 0.323 e. The Kier molecular flexibility index (Phi) is 6.48. The monoisotopic (exact) mass is 282 g/mol. The van der Waals surface area contributed by atoms with Gasteiger partial charge in [0.2, 0.25) is 17.8 Å². The number of carbonyl (C=O) groups is 1. The molecule has 1 amide bonds. The van der Waals surface area contributed by atoms with E-state index in [0.29, 0.717) is 31.6 Å². The van der Waals surface area contributed by atoms with Gasteiger partial charge in [0.05, 0.1) is 13.2 Å². The molecule has 0 atom stereocenters. The van der Waals surface area contributed by atoms with E-state index in [1.165, 1.54) is 0 Å². The number of nitrogens with one attached hydrogen (secondary N) is 2. The lowest BCUT2D eigenvalue weighted by Gasteiger charge is -2.20. The van der Waals surface area contributed by atoms with Crippen molar-refractivity contribution in [1.29, 1.82) is 0 Å². The summed E-state index contributed by atoms with van der Waals surface area (Å²) in [6.45, 7) is 7.54. The van der Waals surface area contributed by atoms with Gasteiger partial charge in [-0.1, -0.05) is 0 Å². The van der Waals surface area contributed by atoms with Crippen molar-refractivity contribution < 1.29 is 9.53 Å². The summed E-state index contributed by atoms with van der Waals surface area (Å²) in [4.78, 5) is 26.0. The average Bonchev–Trinajstić information content (AvgIpc) is 2.45. The minimum absolute atomic E-state index is 0.0706. The van der Waals surface area contributed by atoms with Gasteiger partial charge in [0, 0.05) is 20.1 Å². The molecule has 1 aromatic heterocycles. The first kappa shape index (κ1) is 15.9. The van der Waals surface area contributed by atoms with E-state index in [1.54, 1.807) is 11.9 Å². The zero-order valence-corrected chi connectivity index (χ0v) is 12.4. The van der Waals surface area contributed by atoms with E-state index >= 15 is 0 Å². The van der Waals surface area contributed by atoms with Crippen LogP contribution in [0.15, 0.2) is 0 Å². The largest absolute Gasteiger partial charge is 0.464 e. The van der Waals surface area contributed by atoms with E-state index in [2.05, 4.69) is 25.6 Å². The molecular weight excluding hydrogens is 260 g/mol. The van der Waals surface area contributed by atoms with Gasteiger partial charge in [0.25, 0.3) is 0 Å². The molecule has 0 saturated carbocycles. The average molecular weight is 282 g/mol. The fourth-order valence-corrected chi connectivity index (χ4v) is 1.54. The molecule has 0 unspecified atom stereocenters. The summed E-state index contributed by atoms with van der Waals surface area (Å²) < 4.78 is 5.31. The van der Waals surface area contributed by atoms with Crippen LogP contribution in [0.5, 0.6) is 6.01 Å². The van der Waals surface area contributed by atoms with Crippen molar-refractivity contribution >= 4 is 17.8 Å². The van der Waals surface area contributed by atoms with Gasteiger partial charge in [-0.05, 0) is 20.8 Å². The van der Waals surface area contributed by atoms with Crippen molar-refractivity contribution in [2.24, 2.45) is 0 Å². The van der Waals surface area contributed by atoms with E-state index in [4.69, 9.17) is 4.74 Å². The Bertz CT molecular complexity index is 440. The summed E-state index contributed by atoms with van der Waals surface area (Å²) in [7, 11) is 1.72. The lowest BCUT2D eigenvalue weighted by atomic mass is 10.4. The highest BCUT2D eigenvalue weighted by Crippen LogP contribution is 2.14. The maximum atomic E-state index is 11.7. The standard InChI is InChI=1S/C12H22N6O2/c1-5-14-9(19)8-18(6-2)11-15-10(13-4)16-12(17-11)20-7-3/h5-8H2,1-4H3,(H,14,19)(H,13,15,16,17). The molecule has 1 rings (SSSR count). The second-order valence-electron chi connectivity index (χ2n) is 3.89. The van der Waals surface area contributed by atoms with E-state index in [9.17, 15) is 4.79 Å². The zero-order chi connectivity index (χ0) is 15.0. The number of ether oxygens (including phenoxy) is 1. The van der Waals surface area contributed by atoms with Crippen LogP contribution < -0.4 is 20.3 Å². The second kappa shape index (κ2) is 8.13. The number of likely N-dealkylation sites (N-methyl/N-ethyl adjacent to an activating group) is 2. The lowest BCUT2D eigenvalue weighted by molar-refractivity contribution is -0.119. The Morgan fingerprint density at radius 3 is 2.55 bits per heavy atom. The molecule has 2 N–H and O–H groups in total. The Morgan fingerprint density at radius 1 is 1.25 bits per heavy atom. The number of anilines is 2. The number of nitrogens with zero attached hydrogens (tertiary/aromatic N) is 4. The molecule has 0 spiro atoms. The molecule has 0 bridgehead atoms. The summed E-state index contributed by atoms with van der Waals surface area (Å²) >= 11 is 0. The molecule has 0 saturated heterocycles. The zero-order valence-electron chi connectivity index (χ0n) is 12.4.